The molecule has 1 fully saturated rings. The van der Waals surface area contributed by atoms with Crippen molar-refractivity contribution in [3.05, 3.63) is 59.7 Å². The highest BCUT2D eigenvalue weighted by Crippen LogP contribution is 2.48. The van der Waals surface area contributed by atoms with E-state index in [4.69, 9.17) is 4.74 Å². The lowest BCUT2D eigenvalue weighted by Crippen LogP contribution is -2.04. The Labute approximate surface area is 111 Å². The average Bonchev–Trinajstić information content (AvgIpc) is 3.24. The molecule has 1 saturated heterocycles. The van der Waals surface area contributed by atoms with Crippen molar-refractivity contribution in [3.63, 3.8) is 0 Å². The zero-order valence-corrected chi connectivity index (χ0v) is 10.6. The van der Waals surface area contributed by atoms with E-state index in [0.717, 1.165) is 6.42 Å². The van der Waals surface area contributed by atoms with Gasteiger partial charge in [0.2, 0.25) is 0 Å². The molecule has 3 aromatic rings. The molecule has 5 rings (SSSR count). The molecule has 1 heterocycles. The fourth-order valence-electron chi connectivity index (χ4n) is 3.56. The van der Waals surface area contributed by atoms with Crippen molar-refractivity contribution in [3.8, 4) is 0 Å². The summed E-state index contributed by atoms with van der Waals surface area (Å²) in [6.07, 6.45) is 3.24. The topological polar surface area (TPSA) is 12.5 Å². The van der Waals surface area contributed by atoms with Crippen LogP contribution in [0, 0.1) is 0 Å². The van der Waals surface area contributed by atoms with E-state index >= 15 is 0 Å². The largest absolute Gasteiger partial charge is 0.364 e. The van der Waals surface area contributed by atoms with Crippen molar-refractivity contribution in [2.75, 3.05) is 0 Å². The van der Waals surface area contributed by atoms with Gasteiger partial charge in [-0.2, -0.15) is 0 Å². The molecule has 0 N–H and O–H groups in total. The van der Waals surface area contributed by atoms with Crippen LogP contribution >= 0.6 is 0 Å². The second kappa shape index (κ2) is 3.37. The minimum atomic E-state index is 0.389. The molecule has 1 nitrogen and oxygen atoms in total. The molecule has 0 aromatic heterocycles. The van der Waals surface area contributed by atoms with Crippen molar-refractivity contribution in [2.45, 2.75) is 25.0 Å². The Balaban J connectivity index is 1.89. The SMILES string of the molecule is c1ccc2cc3c4c(ccc3cc2c1)C1O[C@H]1CC4. The predicted octanol–water partition coefficient (Wildman–Crippen LogP) is 4.38. The first kappa shape index (κ1) is 9.99. The molecule has 2 aliphatic rings. The van der Waals surface area contributed by atoms with Gasteiger partial charge in [0.1, 0.15) is 6.10 Å². The third-order valence-electron chi connectivity index (χ3n) is 4.60. The van der Waals surface area contributed by atoms with Crippen LogP contribution in [-0.2, 0) is 11.2 Å². The van der Waals surface area contributed by atoms with Gasteiger partial charge in [-0.25, -0.2) is 0 Å². The van der Waals surface area contributed by atoms with Gasteiger partial charge in [-0.15, -0.1) is 0 Å². The van der Waals surface area contributed by atoms with Crippen LogP contribution in [0.25, 0.3) is 21.5 Å². The van der Waals surface area contributed by atoms with Crippen molar-refractivity contribution in [1.82, 2.24) is 0 Å². The second-order valence-electron chi connectivity index (χ2n) is 5.69. The fourth-order valence-corrected chi connectivity index (χ4v) is 3.56. The maximum Gasteiger partial charge on any atom is 0.109 e. The molecule has 19 heavy (non-hydrogen) atoms. The third-order valence-corrected chi connectivity index (χ3v) is 4.60. The lowest BCUT2D eigenvalue weighted by atomic mass is 9.87. The normalized spacial score (nSPS) is 24.2. The molecule has 0 saturated carbocycles. The monoisotopic (exact) mass is 246 g/mol. The summed E-state index contributed by atoms with van der Waals surface area (Å²) in [4.78, 5) is 0. The van der Waals surface area contributed by atoms with E-state index in [1.807, 2.05) is 0 Å². The number of ether oxygens (including phenoxy) is 1. The second-order valence-corrected chi connectivity index (χ2v) is 5.69. The fraction of sp³-hybridized carbons (Fsp3) is 0.222. The Hall–Kier alpha value is -1.86. The lowest BCUT2D eigenvalue weighted by molar-refractivity contribution is 0.373. The van der Waals surface area contributed by atoms with Gasteiger partial charge in [0.05, 0.1) is 6.10 Å². The Kier molecular flexibility index (Phi) is 1.77. The van der Waals surface area contributed by atoms with Gasteiger partial charge in [0, 0.05) is 0 Å². The van der Waals surface area contributed by atoms with Gasteiger partial charge in [-0.3, -0.25) is 0 Å². The van der Waals surface area contributed by atoms with Crippen molar-refractivity contribution in [2.24, 2.45) is 0 Å². The van der Waals surface area contributed by atoms with Gasteiger partial charge >= 0.3 is 0 Å². The quantitative estimate of drug-likeness (QED) is 0.423. The summed E-state index contributed by atoms with van der Waals surface area (Å²) in [7, 11) is 0. The van der Waals surface area contributed by atoms with Crippen LogP contribution < -0.4 is 0 Å². The zero-order valence-electron chi connectivity index (χ0n) is 10.6. The summed E-state index contributed by atoms with van der Waals surface area (Å²) in [6.45, 7) is 0. The first-order valence-corrected chi connectivity index (χ1v) is 7.00. The molecule has 1 aliphatic heterocycles. The smallest absolute Gasteiger partial charge is 0.109 e. The number of hydrogen-bond donors (Lipinski definition) is 0. The molecular weight excluding hydrogens is 232 g/mol. The van der Waals surface area contributed by atoms with E-state index in [1.165, 1.54) is 39.1 Å². The first-order chi connectivity index (χ1) is 9.40. The Morgan fingerprint density at radius 2 is 1.74 bits per heavy atom. The maximum atomic E-state index is 5.74. The van der Waals surface area contributed by atoms with E-state index in [2.05, 4.69) is 48.5 Å². The first-order valence-electron chi connectivity index (χ1n) is 7.00. The number of fused-ring (bicyclic) bond motifs is 6. The van der Waals surface area contributed by atoms with Crippen LogP contribution in [0.4, 0.5) is 0 Å². The van der Waals surface area contributed by atoms with Gasteiger partial charge in [-0.05, 0) is 57.6 Å². The predicted molar refractivity (Wildman–Crippen MR) is 77.4 cm³/mol. The summed E-state index contributed by atoms with van der Waals surface area (Å²) in [6, 6.07) is 17.8. The maximum absolute atomic E-state index is 5.74. The van der Waals surface area contributed by atoms with Gasteiger partial charge in [-0.1, -0.05) is 36.4 Å². The Morgan fingerprint density at radius 1 is 0.895 bits per heavy atom. The molecule has 0 bridgehead atoms. The summed E-state index contributed by atoms with van der Waals surface area (Å²) < 4.78 is 5.74. The number of rotatable bonds is 0. The van der Waals surface area contributed by atoms with E-state index in [-0.39, 0.29) is 0 Å². The average molecular weight is 246 g/mol. The standard InChI is InChI=1S/C18H14O/c1-2-4-12-10-16-13(9-11(12)3-1)5-6-15-14(16)7-8-17-18(15)19-17/h1-6,9-10,17-18H,7-8H2/t17-,18?/m0/s1. The Bertz CT molecular complexity index is 818. The molecule has 2 atom stereocenters. The highest BCUT2D eigenvalue weighted by molar-refractivity contribution is 6.00. The molecule has 1 heteroatoms. The molecule has 3 aromatic carbocycles. The molecule has 1 unspecified atom stereocenters. The lowest BCUT2D eigenvalue weighted by Gasteiger charge is -2.15. The molecule has 0 radical (unpaired) electrons. The molecule has 1 aliphatic carbocycles. The van der Waals surface area contributed by atoms with Gasteiger partial charge < -0.3 is 4.74 Å². The number of benzene rings is 3. The van der Waals surface area contributed by atoms with E-state index in [1.54, 1.807) is 0 Å². The molecular formula is C18H14O. The van der Waals surface area contributed by atoms with Gasteiger partial charge in [0.15, 0.2) is 0 Å². The van der Waals surface area contributed by atoms with Crippen LogP contribution in [0.5, 0.6) is 0 Å². The Morgan fingerprint density at radius 3 is 2.63 bits per heavy atom. The van der Waals surface area contributed by atoms with E-state index in [9.17, 15) is 0 Å². The molecule has 0 spiro atoms. The van der Waals surface area contributed by atoms with Crippen LogP contribution in [0.3, 0.4) is 0 Å². The number of aryl methyl sites for hydroxylation is 1. The summed E-state index contributed by atoms with van der Waals surface area (Å²) in [5.41, 5.74) is 2.95. The van der Waals surface area contributed by atoms with Crippen LogP contribution in [0.15, 0.2) is 48.5 Å². The van der Waals surface area contributed by atoms with Gasteiger partial charge in [0.25, 0.3) is 0 Å². The minimum absolute atomic E-state index is 0.389. The summed E-state index contributed by atoms with van der Waals surface area (Å²) >= 11 is 0. The van der Waals surface area contributed by atoms with E-state index in [0.29, 0.717) is 12.2 Å². The van der Waals surface area contributed by atoms with Crippen molar-refractivity contribution >= 4 is 21.5 Å². The van der Waals surface area contributed by atoms with Crippen molar-refractivity contribution < 1.29 is 4.74 Å². The summed E-state index contributed by atoms with van der Waals surface area (Å²) in [5.74, 6) is 0. The molecule has 0 amide bonds. The number of epoxide rings is 1. The zero-order chi connectivity index (χ0) is 12.4. The minimum Gasteiger partial charge on any atom is -0.364 e. The number of hydrogen-bond acceptors (Lipinski definition) is 1. The summed E-state index contributed by atoms with van der Waals surface area (Å²) in [5, 5.41) is 5.44. The third kappa shape index (κ3) is 1.34. The highest BCUT2D eigenvalue weighted by atomic mass is 16.6. The van der Waals surface area contributed by atoms with E-state index < -0.39 is 0 Å². The molecule has 92 valence electrons. The highest BCUT2D eigenvalue weighted by Gasteiger charge is 2.44. The van der Waals surface area contributed by atoms with Crippen molar-refractivity contribution in [1.29, 1.82) is 0 Å². The van der Waals surface area contributed by atoms with Crippen LogP contribution in [-0.4, -0.2) is 6.10 Å². The van der Waals surface area contributed by atoms with Crippen LogP contribution in [0.1, 0.15) is 23.7 Å². The van der Waals surface area contributed by atoms with Crippen LogP contribution in [0.2, 0.25) is 0 Å².